The van der Waals surface area contributed by atoms with E-state index in [0.717, 1.165) is 25.6 Å². The molecule has 2 aliphatic heterocycles. The zero-order valence-corrected chi connectivity index (χ0v) is 24.0. The normalized spacial score (nSPS) is 17.8. The lowest BCUT2D eigenvalue weighted by Gasteiger charge is -2.33. The number of anilines is 1. The summed E-state index contributed by atoms with van der Waals surface area (Å²) in [7, 11) is 1.99. The van der Waals surface area contributed by atoms with Crippen molar-refractivity contribution in [3.05, 3.63) is 82.9 Å². The number of nitrogens with one attached hydrogen (secondary N) is 1. The van der Waals surface area contributed by atoms with Gasteiger partial charge in [0.15, 0.2) is 5.65 Å². The van der Waals surface area contributed by atoms with Crippen LogP contribution in [0.4, 0.5) is 18.9 Å². The summed E-state index contributed by atoms with van der Waals surface area (Å²) < 4.78 is 54.7. The lowest BCUT2D eigenvalue weighted by Crippen LogP contribution is -2.44. The molecule has 0 aliphatic carbocycles. The van der Waals surface area contributed by atoms with E-state index in [-0.39, 0.29) is 29.5 Å². The van der Waals surface area contributed by atoms with E-state index in [4.69, 9.17) is 9.47 Å². The number of imidazole rings is 1. The van der Waals surface area contributed by atoms with Crippen molar-refractivity contribution in [2.24, 2.45) is 0 Å². The molecule has 0 radical (unpaired) electrons. The number of alkyl halides is 3. The Morgan fingerprint density at radius 1 is 1.09 bits per heavy atom. The fraction of sp³-hybridized carbons (Fsp3) is 0.355. The zero-order chi connectivity index (χ0) is 30.7. The molecule has 44 heavy (non-hydrogen) atoms. The summed E-state index contributed by atoms with van der Waals surface area (Å²) in [4.78, 5) is 25.6. The summed E-state index contributed by atoms with van der Waals surface area (Å²) in [5.41, 5.74) is 1.12. The summed E-state index contributed by atoms with van der Waals surface area (Å²) >= 11 is 0. The molecule has 4 aromatic rings. The number of pyridine rings is 1. The molecule has 10 nitrogen and oxygen atoms in total. The number of rotatable bonds is 6. The van der Waals surface area contributed by atoms with Crippen LogP contribution in [-0.4, -0.2) is 87.8 Å². The van der Waals surface area contributed by atoms with Gasteiger partial charge in [0.1, 0.15) is 11.8 Å². The minimum atomic E-state index is -4.57. The molecule has 1 amide bonds. The number of hydrogen-bond acceptors (Lipinski definition) is 8. The SMILES string of the molecule is CN1CCN(Cc2ccc(NC(=O)c3cncc(C#Cc4cnc5ccc(OC6CCOC6)nn45)c3)cc2C(F)(F)F)CC1. The van der Waals surface area contributed by atoms with E-state index in [1.807, 2.05) is 11.9 Å². The number of hydrogen-bond donors (Lipinski definition) is 1. The highest BCUT2D eigenvalue weighted by molar-refractivity contribution is 6.04. The molecule has 1 unspecified atom stereocenters. The maximum atomic E-state index is 14.0. The van der Waals surface area contributed by atoms with Gasteiger partial charge in [-0.15, -0.1) is 5.10 Å². The Kier molecular flexibility index (Phi) is 8.47. The molecule has 2 aliphatic rings. The van der Waals surface area contributed by atoms with E-state index in [9.17, 15) is 18.0 Å². The minimum Gasteiger partial charge on any atom is -0.471 e. The first-order valence-electron chi connectivity index (χ1n) is 14.2. The fourth-order valence-corrected chi connectivity index (χ4v) is 5.06. The van der Waals surface area contributed by atoms with Crippen LogP contribution in [0.15, 0.2) is 55.0 Å². The van der Waals surface area contributed by atoms with Gasteiger partial charge in [-0.25, -0.2) is 9.50 Å². The first-order chi connectivity index (χ1) is 21.2. The largest absolute Gasteiger partial charge is 0.471 e. The van der Waals surface area contributed by atoms with Gasteiger partial charge in [-0.05, 0) is 42.8 Å². The zero-order valence-electron chi connectivity index (χ0n) is 24.0. The Bertz CT molecular complexity index is 1720. The minimum absolute atomic E-state index is 0.0416. The molecule has 3 aromatic heterocycles. The quantitative estimate of drug-likeness (QED) is 0.333. The second kappa shape index (κ2) is 12.6. The van der Waals surface area contributed by atoms with E-state index in [0.29, 0.717) is 49.1 Å². The van der Waals surface area contributed by atoms with Crippen LogP contribution >= 0.6 is 0 Å². The van der Waals surface area contributed by atoms with Crippen molar-refractivity contribution in [2.45, 2.75) is 25.2 Å². The average molecular weight is 606 g/mol. The molecule has 1 N–H and O–H groups in total. The van der Waals surface area contributed by atoms with E-state index in [1.165, 1.54) is 30.6 Å². The van der Waals surface area contributed by atoms with Gasteiger partial charge in [0.2, 0.25) is 5.88 Å². The summed E-state index contributed by atoms with van der Waals surface area (Å²) in [5, 5.41) is 7.05. The molecule has 0 saturated carbocycles. The monoisotopic (exact) mass is 605 g/mol. The van der Waals surface area contributed by atoms with Gasteiger partial charge in [0, 0.05) is 68.9 Å². The van der Waals surface area contributed by atoms with Crippen LogP contribution in [0, 0.1) is 11.8 Å². The lowest BCUT2D eigenvalue weighted by molar-refractivity contribution is -0.138. The van der Waals surface area contributed by atoms with E-state index < -0.39 is 17.6 Å². The van der Waals surface area contributed by atoms with Crippen LogP contribution in [0.3, 0.4) is 0 Å². The number of ether oxygens (including phenoxy) is 2. The van der Waals surface area contributed by atoms with Crippen molar-refractivity contribution < 1.29 is 27.4 Å². The molecule has 0 bridgehead atoms. The van der Waals surface area contributed by atoms with Crippen molar-refractivity contribution in [1.29, 1.82) is 0 Å². The van der Waals surface area contributed by atoms with Gasteiger partial charge in [-0.2, -0.15) is 13.2 Å². The van der Waals surface area contributed by atoms with E-state index >= 15 is 0 Å². The van der Waals surface area contributed by atoms with Crippen molar-refractivity contribution >= 4 is 17.2 Å². The fourth-order valence-electron chi connectivity index (χ4n) is 5.06. The standard InChI is InChI=1S/C31H30F3N7O3/c1-39-9-11-40(12-10-39)19-22-3-4-24(15-27(22)31(32,33)34)37-30(42)23-14-21(16-35-17-23)2-5-25-18-36-28-6-7-29(38-41(25)28)44-26-8-13-43-20-26/h3-4,6-7,14-18,26H,8-13,19-20H2,1H3,(H,37,42). The second-order valence-electron chi connectivity index (χ2n) is 10.8. The molecule has 1 atom stereocenters. The van der Waals surface area contributed by atoms with E-state index in [2.05, 4.69) is 37.1 Å². The van der Waals surface area contributed by atoms with Crippen LogP contribution in [-0.2, 0) is 17.5 Å². The van der Waals surface area contributed by atoms with E-state index in [1.54, 1.807) is 22.8 Å². The molecule has 1 aromatic carbocycles. The van der Waals surface area contributed by atoms with Gasteiger partial charge < -0.3 is 19.7 Å². The Morgan fingerprint density at radius 3 is 2.70 bits per heavy atom. The second-order valence-corrected chi connectivity index (χ2v) is 10.8. The lowest BCUT2D eigenvalue weighted by atomic mass is 10.0. The highest BCUT2D eigenvalue weighted by atomic mass is 19.4. The highest BCUT2D eigenvalue weighted by Gasteiger charge is 2.34. The van der Waals surface area contributed by atoms with Crippen LogP contribution in [0.1, 0.15) is 39.2 Å². The maximum absolute atomic E-state index is 14.0. The van der Waals surface area contributed by atoms with Gasteiger partial charge in [-0.3, -0.25) is 14.7 Å². The molecule has 228 valence electrons. The van der Waals surface area contributed by atoms with Crippen LogP contribution < -0.4 is 10.1 Å². The third kappa shape index (κ3) is 6.99. The number of carbonyl (C=O) groups excluding carboxylic acids is 1. The average Bonchev–Trinajstić information content (AvgIpc) is 3.67. The first kappa shape index (κ1) is 29.6. The predicted molar refractivity (Wildman–Crippen MR) is 155 cm³/mol. The number of likely N-dealkylation sites (N-methyl/N-ethyl adjacent to an activating group) is 1. The molecule has 5 heterocycles. The molecule has 0 spiro atoms. The van der Waals surface area contributed by atoms with Crippen LogP contribution in [0.25, 0.3) is 5.65 Å². The highest BCUT2D eigenvalue weighted by Crippen LogP contribution is 2.34. The summed E-state index contributed by atoms with van der Waals surface area (Å²) in [6.07, 6.45) is 0.567. The molecule has 6 rings (SSSR count). The molecule has 2 saturated heterocycles. The number of carbonyl (C=O) groups is 1. The predicted octanol–water partition coefficient (Wildman–Crippen LogP) is 3.71. The van der Waals surface area contributed by atoms with Crippen molar-refractivity contribution in [2.75, 3.05) is 51.8 Å². The number of amides is 1. The smallest absolute Gasteiger partial charge is 0.416 e. The molecular weight excluding hydrogens is 575 g/mol. The van der Waals surface area contributed by atoms with Crippen LogP contribution in [0.2, 0.25) is 0 Å². The number of nitrogens with zero attached hydrogens (tertiary/aromatic N) is 6. The van der Waals surface area contributed by atoms with Gasteiger partial charge >= 0.3 is 6.18 Å². The number of halogens is 3. The Balaban J connectivity index is 1.16. The molecule has 13 heteroatoms. The number of fused-ring (bicyclic) bond motifs is 1. The Hall–Kier alpha value is -4.51. The van der Waals surface area contributed by atoms with Crippen molar-refractivity contribution in [3.8, 4) is 17.7 Å². The third-order valence-corrected chi connectivity index (χ3v) is 7.51. The number of aromatic nitrogens is 4. The molecular formula is C31H30F3N7O3. The van der Waals surface area contributed by atoms with Crippen molar-refractivity contribution in [1.82, 2.24) is 29.4 Å². The molecule has 2 fully saturated rings. The Labute approximate surface area is 251 Å². The van der Waals surface area contributed by atoms with Gasteiger partial charge in [-0.1, -0.05) is 12.0 Å². The van der Waals surface area contributed by atoms with Crippen molar-refractivity contribution in [3.63, 3.8) is 0 Å². The summed E-state index contributed by atoms with van der Waals surface area (Å²) in [6.45, 7) is 4.34. The summed E-state index contributed by atoms with van der Waals surface area (Å²) in [6, 6.07) is 8.94. The maximum Gasteiger partial charge on any atom is 0.416 e. The summed E-state index contributed by atoms with van der Waals surface area (Å²) in [5.74, 6) is 5.77. The van der Waals surface area contributed by atoms with Crippen LogP contribution in [0.5, 0.6) is 5.88 Å². The Morgan fingerprint density at radius 2 is 1.93 bits per heavy atom. The number of benzene rings is 1. The number of piperazine rings is 1. The topological polar surface area (TPSA) is 97.1 Å². The van der Waals surface area contributed by atoms with Gasteiger partial charge in [0.05, 0.1) is 30.5 Å². The van der Waals surface area contributed by atoms with Gasteiger partial charge in [0.25, 0.3) is 5.91 Å². The third-order valence-electron chi connectivity index (χ3n) is 7.51. The first-order valence-corrected chi connectivity index (χ1v) is 14.2.